The van der Waals surface area contributed by atoms with Crippen LogP contribution in [0.15, 0.2) is 30.3 Å². The monoisotopic (exact) mass is 509 g/mol. The fraction of sp³-hybridized carbons (Fsp3) is 0.481. The Bertz CT molecular complexity index is 1110. The Morgan fingerprint density at radius 3 is 2.17 bits per heavy atom. The number of hydrogen-bond donors (Lipinski definition) is 2. The van der Waals surface area contributed by atoms with Gasteiger partial charge in [-0.3, -0.25) is 4.79 Å². The Labute approximate surface area is 209 Å². The lowest BCUT2D eigenvalue weighted by Crippen LogP contribution is -2.32. The Morgan fingerprint density at radius 1 is 1.00 bits per heavy atom. The maximum absolute atomic E-state index is 13.8. The maximum atomic E-state index is 13.8. The van der Waals surface area contributed by atoms with Crippen LogP contribution >= 0.6 is 0 Å². The molecule has 6 nitrogen and oxygen atoms in total. The first-order valence-electron chi connectivity index (χ1n) is 11.5. The van der Waals surface area contributed by atoms with Gasteiger partial charge in [-0.15, -0.1) is 0 Å². The minimum atomic E-state index is -4.93. The Balaban J connectivity index is 2.18. The summed E-state index contributed by atoms with van der Waals surface area (Å²) in [6.45, 7) is 12.4. The van der Waals surface area contributed by atoms with E-state index >= 15 is 0 Å². The Morgan fingerprint density at radius 2 is 1.64 bits per heavy atom. The van der Waals surface area contributed by atoms with Crippen LogP contribution in [0.3, 0.4) is 0 Å². The highest BCUT2D eigenvalue weighted by Gasteiger charge is 2.40. The number of ketones is 1. The summed E-state index contributed by atoms with van der Waals surface area (Å²) >= 11 is 0. The SMILES string of the molecule is Cc1cc(COc2ccc(C(=O)CC(C)(C)C)c(O)c2C(F)(F)F)ccc1CNC(=O)OC(C)(C)C. The van der Waals surface area contributed by atoms with Gasteiger partial charge < -0.3 is 19.9 Å². The zero-order valence-electron chi connectivity index (χ0n) is 21.7. The number of ether oxygens (including phenoxy) is 2. The van der Waals surface area contributed by atoms with Gasteiger partial charge in [0.25, 0.3) is 0 Å². The van der Waals surface area contributed by atoms with Gasteiger partial charge in [0.15, 0.2) is 5.78 Å². The van der Waals surface area contributed by atoms with Crippen molar-refractivity contribution in [2.75, 3.05) is 0 Å². The van der Waals surface area contributed by atoms with Crippen molar-refractivity contribution in [2.45, 2.75) is 79.8 Å². The highest BCUT2D eigenvalue weighted by molar-refractivity contribution is 5.99. The number of alkyl carbamates (subject to hydrolysis) is 1. The first kappa shape index (κ1) is 29.0. The zero-order chi connectivity index (χ0) is 27.5. The molecule has 0 spiro atoms. The zero-order valence-corrected chi connectivity index (χ0v) is 21.7. The lowest BCUT2D eigenvalue weighted by molar-refractivity contribution is -0.140. The van der Waals surface area contributed by atoms with Crippen molar-refractivity contribution in [1.29, 1.82) is 0 Å². The molecule has 9 heteroatoms. The second kappa shape index (κ2) is 10.8. The summed E-state index contributed by atoms with van der Waals surface area (Å²) in [5.41, 5.74) is -0.645. The van der Waals surface area contributed by atoms with Crippen LogP contribution in [0.2, 0.25) is 0 Å². The molecule has 36 heavy (non-hydrogen) atoms. The number of phenolic OH excluding ortho intramolecular Hbond substituents is 1. The molecule has 2 rings (SSSR count). The number of carbonyl (C=O) groups excluding carboxylic acids is 2. The molecule has 0 aliphatic rings. The molecule has 0 unspecified atom stereocenters. The van der Waals surface area contributed by atoms with E-state index in [2.05, 4.69) is 5.32 Å². The maximum Gasteiger partial charge on any atom is 0.423 e. The van der Waals surface area contributed by atoms with Gasteiger partial charge in [-0.2, -0.15) is 13.2 Å². The molecule has 0 atom stereocenters. The summed E-state index contributed by atoms with van der Waals surface area (Å²) in [4.78, 5) is 24.3. The first-order chi connectivity index (χ1) is 16.4. The van der Waals surface area contributed by atoms with E-state index in [0.717, 1.165) is 23.3 Å². The third-order valence-corrected chi connectivity index (χ3v) is 5.04. The van der Waals surface area contributed by atoms with Crippen LogP contribution in [0.4, 0.5) is 18.0 Å². The van der Waals surface area contributed by atoms with Gasteiger partial charge in [0.05, 0.1) is 5.56 Å². The Hall–Kier alpha value is -3.23. The minimum Gasteiger partial charge on any atom is -0.506 e. The van der Waals surface area contributed by atoms with Crippen LogP contribution < -0.4 is 10.1 Å². The van der Waals surface area contributed by atoms with Crippen LogP contribution in [0.1, 0.15) is 80.6 Å². The van der Waals surface area contributed by atoms with Crippen LogP contribution in [-0.2, 0) is 24.1 Å². The van der Waals surface area contributed by atoms with E-state index < -0.39 is 46.1 Å². The van der Waals surface area contributed by atoms with Gasteiger partial charge in [-0.05, 0) is 61.9 Å². The summed E-state index contributed by atoms with van der Waals surface area (Å²) in [5, 5.41) is 13.0. The number of alkyl halides is 3. The second-order valence-electron chi connectivity index (χ2n) is 10.9. The number of halogens is 3. The molecule has 0 heterocycles. The van der Waals surface area contributed by atoms with Crippen molar-refractivity contribution in [3.8, 4) is 11.5 Å². The van der Waals surface area contributed by atoms with E-state index in [0.29, 0.717) is 5.56 Å². The predicted molar refractivity (Wildman–Crippen MR) is 130 cm³/mol. The molecule has 0 aliphatic heterocycles. The predicted octanol–water partition coefficient (Wildman–Crippen LogP) is 6.94. The molecule has 2 aromatic rings. The molecule has 0 radical (unpaired) electrons. The summed E-state index contributed by atoms with van der Waals surface area (Å²) in [7, 11) is 0. The third kappa shape index (κ3) is 8.46. The molecule has 0 fully saturated rings. The van der Waals surface area contributed by atoms with Gasteiger partial charge >= 0.3 is 12.3 Å². The normalized spacial score (nSPS) is 12.3. The lowest BCUT2D eigenvalue weighted by atomic mass is 9.87. The van der Waals surface area contributed by atoms with Crippen molar-refractivity contribution < 1.29 is 37.3 Å². The number of Topliss-reactive ketones (excluding diaryl/α,β-unsaturated/α-hetero) is 1. The molecule has 0 saturated heterocycles. The van der Waals surface area contributed by atoms with Crippen molar-refractivity contribution in [3.05, 3.63) is 58.1 Å². The molecule has 0 bridgehead atoms. The first-order valence-corrected chi connectivity index (χ1v) is 11.5. The highest BCUT2D eigenvalue weighted by Crippen LogP contribution is 2.44. The summed E-state index contributed by atoms with van der Waals surface area (Å²) in [5.74, 6) is -2.28. The number of nitrogens with one attached hydrogen (secondary N) is 1. The van der Waals surface area contributed by atoms with Gasteiger partial charge in [0, 0.05) is 13.0 Å². The highest BCUT2D eigenvalue weighted by atomic mass is 19.4. The summed E-state index contributed by atoms with van der Waals surface area (Å²) in [6.07, 6.45) is -5.50. The van der Waals surface area contributed by atoms with Crippen molar-refractivity contribution in [3.63, 3.8) is 0 Å². The van der Waals surface area contributed by atoms with Gasteiger partial charge in [-0.1, -0.05) is 39.0 Å². The second-order valence-corrected chi connectivity index (χ2v) is 10.9. The van der Waals surface area contributed by atoms with E-state index in [1.54, 1.807) is 66.7 Å². The minimum absolute atomic E-state index is 0.0214. The van der Waals surface area contributed by atoms with E-state index in [4.69, 9.17) is 9.47 Å². The van der Waals surface area contributed by atoms with Crippen LogP contribution in [0.25, 0.3) is 0 Å². The molecule has 1 amide bonds. The van der Waals surface area contributed by atoms with E-state index in [9.17, 15) is 27.9 Å². The molecular weight excluding hydrogens is 475 g/mol. The average molecular weight is 510 g/mol. The molecule has 0 aliphatic carbocycles. The van der Waals surface area contributed by atoms with Gasteiger partial charge in [0.1, 0.15) is 29.3 Å². The number of phenols is 1. The topological polar surface area (TPSA) is 84.9 Å². The summed E-state index contributed by atoms with van der Waals surface area (Å²) < 4.78 is 52.0. The molecule has 2 N–H and O–H groups in total. The van der Waals surface area contributed by atoms with Crippen molar-refractivity contribution in [1.82, 2.24) is 5.32 Å². The van der Waals surface area contributed by atoms with E-state index in [1.807, 2.05) is 0 Å². The average Bonchev–Trinajstić information content (AvgIpc) is 2.67. The van der Waals surface area contributed by atoms with Gasteiger partial charge in [-0.25, -0.2) is 4.79 Å². The van der Waals surface area contributed by atoms with Crippen LogP contribution in [-0.4, -0.2) is 22.6 Å². The van der Waals surface area contributed by atoms with E-state index in [-0.39, 0.29) is 25.1 Å². The number of amides is 1. The largest absolute Gasteiger partial charge is 0.506 e. The van der Waals surface area contributed by atoms with Crippen LogP contribution in [0.5, 0.6) is 11.5 Å². The van der Waals surface area contributed by atoms with Gasteiger partial charge in [0.2, 0.25) is 0 Å². The van der Waals surface area contributed by atoms with Crippen molar-refractivity contribution >= 4 is 11.9 Å². The molecule has 198 valence electrons. The quantitative estimate of drug-likeness (QED) is 0.395. The third-order valence-electron chi connectivity index (χ3n) is 5.04. The van der Waals surface area contributed by atoms with Crippen molar-refractivity contribution in [2.24, 2.45) is 5.41 Å². The molecule has 2 aromatic carbocycles. The molecule has 0 aromatic heterocycles. The number of aryl methyl sites for hydroxylation is 1. The standard InChI is InChI=1S/C27H34F3NO5/c1-16-12-17(8-9-18(16)14-31-24(34)36-26(5,6)7)15-35-21-11-10-19(20(32)13-25(2,3)4)23(33)22(21)27(28,29)30/h8-12,33H,13-15H2,1-7H3,(H,31,34). The number of carbonyl (C=O) groups is 2. The Kier molecular flexibility index (Phi) is 8.70. The van der Waals surface area contributed by atoms with Crippen LogP contribution in [0, 0.1) is 12.3 Å². The molecular formula is C27H34F3NO5. The smallest absolute Gasteiger partial charge is 0.423 e. The fourth-order valence-electron chi connectivity index (χ4n) is 3.46. The summed E-state index contributed by atoms with van der Waals surface area (Å²) in [6, 6.07) is 7.37. The molecule has 0 saturated carbocycles. The fourth-order valence-corrected chi connectivity index (χ4v) is 3.46. The lowest BCUT2D eigenvalue weighted by Gasteiger charge is -2.20. The number of rotatable bonds is 7. The number of aromatic hydroxyl groups is 1. The number of hydrogen-bond acceptors (Lipinski definition) is 5. The number of benzene rings is 2. The van der Waals surface area contributed by atoms with E-state index in [1.165, 1.54) is 0 Å².